The molecule has 0 saturated carbocycles. The van der Waals surface area contributed by atoms with E-state index in [-0.39, 0.29) is 47.3 Å². The molecule has 2 N–H and O–H groups in total. The lowest BCUT2D eigenvalue weighted by atomic mass is 9.80. The van der Waals surface area contributed by atoms with Crippen LogP contribution in [-0.2, 0) is 39.0 Å². The first-order valence-corrected chi connectivity index (χ1v) is 26.1. The second kappa shape index (κ2) is 29.5. The average Bonchev–Trinajstić information content (AvgIpc) is 3.51. The molecule has 0 bridgehead atoms. The number of benzene rings is 4. The number of aromatic nitrogens is 6. The highest BCUT2D eigenvalue weighted by atomic mass is 79.9. The van der Waals surface area contributed by atoms with E-state index in [9.17, 15) is 36.7 Å². The van der Waals surface area contributed by atoms with Crippen LogP contribution in [0.15, 0.2) is 157 Å². The van der Waals surface area contributed by atoms with Crippen LogP contribution in [0.2, 0.25) is 0 Å². The molecule has 0 atom stereocenters. The number of halogens is 5. The van der Waals surface area contributed by atoms with Gasteiger partial charge in [0.05, 0.1) is 32.9 Å². The molecule has 0 radical (unpaired) electrons. The first-order valence-electron chi connectivity index (χ1n) is 25.3. The van der Waals surface area contributed by atoms with Crippen molar-refractivity contribution in [2.45, 2.75) is 52.9 Å². The molecule has 0 saturated heterocycles. The van der Waals surface area contributed by atoms with Gasteiger partial charge in [-0.3, -0.25) is 37.8 Å². The molecule has 0 aliphatic carbocycles. The summed E-state index contributed by atoms with van der Waals surface area (Å²) in [5.41, 5.74) is 1.16. The van der Waals surface area contributed by atoms with Crippen molar-refractivity contribution in [1.29, 1.82) is 0 Å². The van der Waals surface area contributed by atoms with Crippen molar-refractivity contribution in [2.75, 3.05) is 54.5 Å². The van der Waals surface area contributed by atoms with Crippen LogP contribution in [0.25, 0.3) is 11.1 Å². The van der Waals surface area contributed by atoms with Crippen LogP contribution >= 0.6 is 15.9 Å². The lowest BCUT2D eigenvalue weighted by Crippen LogP contribution is -2.44. The number of methoxy groups -OCH3 is 2. The molecule has 8 rings (SSSR count). The number of ether oxygens (including phenoxy) is 2. The third-order valence-corrected chi connectivity index (χ3v) is 14.1. The standard InChI is InChI=1S/C29H30F2N4O3.C22H23BrF2N4O2.C7H9BO3/c1-20-27(21-8-6-10-23(18-21)38-3)28(36)34(17-16-33(2)15-13-22-9-4-5-14-32-22)29(37)35(20)19-24-25(30)11-7-12-26(24)31;1-15-20(23)21(30)28(13-12-27(2)11-9-16-6-3-4-10-26-16)22(31)29(15)14-17-18(24)7-5-8-19(17)25;1-11-7-4-2-3-6(5-7)8(9)10/h4-12,14,18H,13,15-17,19H2,1-3H3;3-8,10H,9,11-14H2,1-2H3;2-5,9-10H,1H3. The van der Waals surface area contributed by atoms with Crippen molar-refractivity contribution >= 4 is 28.5 Å². The van der Waals surface area contributed by atoms with E-state index >= 15 is 0 Å². The number of pyridine rings is 2. The summed E-state index contributed by atoms with van der Waals surface area (Å²) in [5, 5.41) is 17.5. The molecule has 8 aromatic rings. The molecular weight excluding hydrogens is 1100 g/mol. The van der Waals surface area contributed by atoms with Crippen LogP contribution in [0, 0.1) is 37.1 Å². The molecule has 0 unspecified atom stereocenters. The fourth-order valence-electron chi connectivity index (χ4n) is 8.40. The molecule has 4 aromatic carbocycles. The summed E-state index contributed by atoms with van der Waals surface area (Å²) in [6.07, 6.45) is 4.92. The van der Waals surface area contributed by atoms with Crippen LogP contribution in [0.4, 0.5) is 17.6 Å². The van der Waals surface area contributed by atoms with Gasteiger partial charge in [0.1, 0.15) is 39.2 Å². The fourth-order valence-corrected chi connectivity index (χ4v) is 8.83. The Morgan fingerprint density at radius 2 is 0.988 bits per heavy atom. The Balaban J connectivity index is 0.000000220. The monoisotopic (exact) mass is 1160 g/mol. The Morgan fingerprint density at radius 1 is 0.550 bits per heavy atom. The highest BCUT2D eigenvalue weighted by Crippen LogP contribution is 2.25. The second-order valence-electron chi connectivity index (χ2n) is 18.5. The zero-order valence-corrected chi connectivity index (χ0v) is 46.7. The highest BCUT2D eigenvalue weighted by Gasteiger charge is 2.22. The zero-order chi connectivity index (χ0) is 58.0. The quantitative estimate of drug-likeness (QED) is 0.0650. The number of likely N-dealkylation sites (N-methyl/N-ethyl adjacent to an activating group) is 2. The van der Waals surface area contributed by atoms with Gasteiger partial charge in [-0.1, -0.05) is 48.5 Å². The van der Waals surface area contributed by atoms with Crippen molar-refractivity contribution in [3.63, 3.8) is 0 Å². The van der Waals surface area contributed by atoms with Gasteiger partial charge in [0, 0.05) is 98.4 Å². The second-order valence-corrected chi connectivity index (χ2v) is 19.3. The van der Waals surface area contributed by atoms with Crippen LogP contribution in [0.1, 0.15) is 33.9 Å². The van der Waals surface area contributed by atoms with E-state index in [0.717, 1.165) is 51.2 Å². The van der Waals surface area contributed by atoms with Crippen molar-refractivity contribution in [3.8, 4) is 22.6 Å². The minimum atomic E-state index is -1.43. The zero-order valence-electron chi connectivity index (χ0n) is 45.2. The van der Waals surface area contributed by atoms with Gasteiger partial charge >= 0.3 is 18.5 Å². The van der Waals surface area contributed by atoms with E-state index in [1.54, 1.807) is 74.8 Å². The number of hydrogen-bond donors (Lipinski definition) is 2. The Hall–Kier alpha value is -7.76. The van der Waals surface area contributed by atoms with Crippen LogP contribution in [-0.4, -0.2) is 110 Å². The minimum Gasteiger partial charge on any atom is -0.497 e. The normalized spacial score (nSPS) is 11.0. The molecule has 80 heavy (non-hydrogen) atoms. The molecule has 22 heteroatoms. The lowest BCUT2D eigenvalue weighted by Gasteiger charge is -2.20. The average molecular weight is 1170 g/mol. The van der Waals surface area contributed by atoms with Gasteiger partial charge in [0.15, 0.2) is 0 Å². The summed E-state index contributed by atoms with van der Waals surface area (Å²) in [4.78, 5) is 65.5. The van der Waals surface area contributed by atoms with E-state index in [2.05, 4.69) is 25.9 Å². The van der Waals surface area contributed by atoms with Crippen molar-refractivity contribution in [2.24, 2.45) is 0 Å². The largest absolute Gasteiger partial charge is 0.497 e. The van der Waals surface area contributed by atoms with E-state index in [0.29, 0.717) is 66.5 Å². The summed E-state index contributed by atoms with van der Waals surface area (Å²) >= 11 is 3.23. The lowest BCUT2D eigenvalue weighted by molar-refractivity contribution is 0.314. The fraction of sp³-hybridized carbons (Fsp3) is 0.276. The molecule has 16 nitrogen and oxygen atoms in total. The van der Waals surface area contributed by atoms with Gasteiger partial charge in [-0.05, 0) is 128 Å². The Morgan fingerprint density at radius 3 is 1.44 bits per heavy atom. The molecule has 0 fully saturated rings. The topological polar surface area (TPSA) is 179 Å². The van der Waals surface area contributed by atoms with Crippen LogP contribution in [0.3, 0.4) is 0 Å². The van der Waals surface area contributed by atoms with Gasteiger partial charge in [-0.2, -0.15) is 0 Å². The third kappa shape index (κ3) is 16.2. The maximum Gasteiger partial charge on any atom is 0.488 e. The van der Waals surface area contributed by atoms with Crippen LogP contribution in [0.5, 0.6) is 11.5 Å². The molecule has 4 aromatic heterocycles. The first-order chi connectivity index (χ1) is 38.3. The predicted octanol–water partition coefficient (Wildman–Crippen LogP) is 6.24. The van der Waals surface area contributed by atoms with E-state index in [4.69, 9.17) is 19.5 Å². The van der Waals surface area contributed by atoms with Gasteiger partial charge in [0.25, 0.3) is 11.1 Å². The summed E-state index contributed by atoms with van der Waals surface area (Å²) in [5.74, 6) is -1.84. The maximum absolute atomic E-state index is 14.5. The number of rotatable bonds is 20. The smallest absolute Gasteiger partial charge is 0.488 e. The van der Waals surface area contributed by atoms with Gasteiger partial charge in [-0.15, -0.1) is 0 Å². The summed E-state index contributed by atoms with van der Waals surface area (Å²) in [6, 6.07) is 32.1. The molecule has 0 spiro atoms. The highest BCUT2D eigenvalue weighted by molar-refractivity contribution is 9.10. The summed E-state index contributed by atoms with van der Waals surface area (Å²) in [6.45, 7) is 5.01. The Bertz CT molecular complexity index is 3570. The van der Waals surface area contributed by atoms with Gasteiger partial charge in [-0.25, -0.2) is 27.2 Å². The van der Waals surface area contributed by atoms with E-state index in [1.807, 2.05) is 60.3 Å². The Kier molecular flexibility index (Phi) is 22.6. The molecule has 0 aliphatic rings. The molecule has 420 valence electrons. The van der Waals surface area contributed by atoms with Crippen molar-refractivity contribution in [3.05, 3.63) is 237 Å². The van der Waals surface area contributed by atoms with Crippen molar-refractivity contribution < 1.29 is 37.1 Å². The molecule has 4 heterocycles. The van der Waals surface area contributed by atoms with E-state index in [1.165, 1.54) is 35.5 Å². The summed E-state index contributed by atoms with van der Waals surface area (Å²) in [7, 11) is 5.42. The predicted molar refractivity (Wildman–Crippen MR) is 304 cm³/mol. The number of hydrogen-bond acceptors (Lipinski definition) is 12. The SMILES string of the molecule is COc1cccc(-c2c(C)n(Cc3c(F)cccc3F)c(=O)n(CCN(C)CCc3ccccn3)c2=O)c1.COc1cccc(B(O)O)c1.Cc1c(Br)c(=O)n(CCN(C)CCc2ccccn2)c(=O)n1Cc1c(F)cccc1F. The minimum absolute atomic E-state index is 0.105. The van der Waals surface area contributed by atoms with Gasteiger partial charge < -0.3 is 29.3 Å². The van der Waals surface area contributed by atoms with Crippen LogP contribution < -0.4 is 37.4 Å². The first kappa shape index (κ1) is 61.5. The van der Waals surface area contributed by atoms with Gasteiger partial charge in [0.2, 0.25) is 0 Å². The molecule has 0 amide bonds. The molecule has 0 aliphatic heterocycles. The number of nitrogens with zero attached hydrogens (tertiary/aromatic N) is 8. The van der Waals surface area contributed by atoms with Crippen molar-refractivity contribution in [1.82, 2.24) is 38.0 Å². The third-order valence-electron chi connectivity index (χ3n) is 13.2. The summed E-state index contributed by atoms with van der Waals surface area (Å²) < 4.78 is 72.4. The van der Waals surface area contributed by atoms with E-state index < -0.39 is 52.9 Å². The molecular formula is C58H62BBrF4N8O8. The Labute approximate surface area is 468 Å². The maximum atomic E-state index is 14.5.